The zero-order valence-electron chi connectivity index (χ0n) is 15.0. The van der Waals surface area contributed by atoms with Gasteiger partial charge >= 0.3 is 0 Å². The predicted molar refractivity (Wildman–Crippen MR) is 98.5 cm³/mol. The summed E-state index contributed by atoms with van der Waals surface area (Å²) < 4.78 is 5.37. The molecule has 0 aromatic rings. The number of nitrogens with two attached hydrogens (primary N) is 1. The zero-order chi connectivity index (χ0) is 17.0. The fraction of sp³-hybridized carbons (Fsp3) is 0.889. The fourth-order valence-electron chi connectivity index (χ4n) is 4.31. The third-order valence-electron chi connectivity index (χ3n) is 6.11. The summed E-state index contributed by atoms with van der Waals surface area (Å²) in [7, 11) is 0. The van der Waals surface area contributed by atoms with Crippen molar-refractivity contribution >= 4 is 24.2 Å². The third-order valence-corrected chi connectivity index (χ3v) is 6.11. The lowest BCUT2D eigenvalue weighted by atomic mass is 9.79. The van der Waals surface area contributed by atoms with Gasteiger partial charge in [0, 0.05) is 44.8 Å². The van der Waals surface area contributed by atoms with E-state index in [1.54, 1.807) is 0 Å². The predicted octanol–water partition coefficient (Wildman–Crippen LogP) is 1.46. The molecule has 1 unspecified atom stereocenters. The van der Waals surface area contributed by atoms with Gasteiger partial charge in [-0.15, -0.1) is 12.4 Å². The summed E-state index contributed by atoms with van der Waals surface area (Å²) in [5.74, 6) is 0.551. The molecule has 1 aliphatic carbocycles. The van der Waals surface area contributed by atoms with Gasteiger partial charge in [0.05, 0.1) is 5.41 Å². The summed E-state index contributed by atoms with van der Waals surface area (Å²) in [4.78, 5) is 27.3. The molecule has 7 heteroatoms. The van der Waals surface area contributed by atoms with Crippen LogP contribution in [0.1, 0.15) is 51.4 Å². The number of hydrogen-bond acceptors (Lipinski definition) is 4. The maximum absolute atomic E-state index is 12.7. The maximum atomic E-state index is 12.7. The van der Waals surface area contributed by atoms with E-state index >= 15 is 0 Å². The molecular weight excluding hydrogens is 342 g/mol. The molecule has 2 amide bonds. The Balaban J connectivity index is 0.00000225. The summed E-state index contributed by atoms with van der Waals surface area (Å²) in [5.41, 5.74) is 5.42. The lowest BCUT2D eigenvalue weighted by Crippen LogP contribution is -2.52. The number of hydrogen-bond donors (Lipinski definition) is 2. The molecule has 3 aliphatic rings. The molecule has 3 rings (SSSR count). The Morgan fingerprint density at radius 1 is 1.12 bits per heavy atom. The average molecular weight is 374 g/mol. The van der Waals surface area contributed by atoms with Crippen LogP contribution in [0.5, 0.6) is 0 Å². The molecule has 0 radical (unpaired) electrons. The molecule has 3 N–H and O–H groups in total. The van der Waals surface area contributed by atoms with Crippen molar-refractivity contribution in [2.75, 3.05) is 32.8 Å². The number of carbonyl (C=O) groups is 2. The van der Waals surface area contributed by atoms with Gasteiger partial charge in [0.1, 0.15) is 0 Å². The van der Waals surface area contributed by atoms with Gasteiger partial charge in [-0.2, -0.15) is 0 Å². The summed E-state index contributed by atoms with van der Waals surface area (Å²) in [6.07, 6.45) is 7.89. The van der Waals surface area contributed by atoms with E-state index in [9.17, 15) is 9.59 Å². The molecule has 1 atom stereocenters. The summed E-state index contributed by atoms with van der Waals surface area (Å²) in [6, 6.07) is 0.0660. The number of rotatable bonds is 4. The highest BCUT2D eigenvalue weighted by Crippen LogP contribution is 2.30. The number of nitrogens with one attached hydrogen (secondary N) is 1. The van der Waals surface area contributed by atoms with Crippen LogP contribution in [0, 0.1) is 11.3 Å². The van der Waals surface area contributed by atoms with Crippen molar-refractivity contribution < 1.29 is 14.3 Å². The average Bonchev–Trinajstić information content (AvgIpc) is 3.10. The minimum Gasteiger partial charge on any atom is -0.381 e. The van der Waals surface area contributed by atoms with E-state index in [2.05, 4.69) is 5.32 Å². The van der Waals surface area contributed by atoms with Crippen LogP contribution >= 0.6 is 12.4 Å². The molecule has 1 saturated carbocycles. The van der Waals surface area contributed by atoms with Crippen molar-refractivity contribution in [2.45, 2.75) is 57.4 Å². The first kappa shape index (κ1) is 20.5. The first-order chi connectivity index (χ1) is 11.6. The van der Waals surface area contributed by atoms with Crippen molar-refractivity contribution in [1.29, 1.82) is 0 Å². The van der Waals surface area contributed by atoms with Gasteiger partial charge in [-0.1, -0.05) is 19.3 Å². The second kappa shape index (κ2) is 9.19. The van der Waals surface area contributed by atoms with Gasteiger partial charge < -0.3 is 20.7 Å². The van der Waals surface area contributed by atoms with Crippen LogP contribution < -0.4 is 11.1 Å². The van der Waals surface area contributed by atoms with Crippen molar-refractivity contribution in [1.82, 2.24) is 10.2 Å². The molecule has 2 heterocycles. The summed E-state index contributed by atoms with van der Waals surface area (Å²) >= 11 is 0. The standard InChI is InChI=1S/C18H31N3O3.ClH/c19-13-18(7-10-24-11-8-18)17(23)20-15-6-9-21(12-15)16(22)14-4-2-1-3-5-14;/h14-15H,1-13,19H2,(H,20,23);1H. The monoisotopic (exact) mass is 373 g/mol. The Morgan fingerprint density at radius 3 is 2.44 bits per heavy atom. The van der Waals surface area contributed by atoms with E-state index in [0.29, 0.717) is 45.1 Å². The van der Waals surface area contributed by atoms with E-state index in [0.717, 1.165) is 25.8 Å². The quantitative estimate of drug-likeness (QED) is 0.781. The Kier molecular flexibility index (Phi) is 7.52. The molecule has 25 heavy (non-hydrogen) atoms. The molecule has 0 aromatic heterocycles. The summed E-state index contributed by atoms with van der Waals surface area (Å²) in [6.45, 7) is 2.97. The van der Waals surface area contributed by atoms with Crippen molar-refractivity contribution in [2.24, 2.45) is 17.1 Å². The number of ether oxygens (including phenoxy) is 1. The van der Waals surface area contributed by atoms with Crippen molar-refractivity contribution in [3.63, 3.8) is 0 Å². The van der Waals surface area contributed by atoms with E-state index < -0.39 is 5.41 Å². The highest BCUT2D eigenvalue weighted by Gasteiger charge is 2.41. The Morgan fingerprint density at radius 2 is 1.80 bits per heavy atom. The van der Waals surface area contributed by atoms with Crippen LogP contribution in [0.3, 0.4) is 0 Å². The Bertz CT molecular complexity index is 462. The number of likely N-dealkylation sites (tertiary alicyclic amines) is 1. The second-order valence-corrected chi connectivity index (χ2v) is 7.68. The van der Waals surface area contributed by atoms with Crippen LogP contribution in [0.2, 0.25) is 0 Å². The van der Waals surface area contributed by atoms with Gasteiger partial charge in [-0.25, -0.2) is 0 Å². The van der Waals surface area contributed by atoms with Crippen LogP contribution in [-0.2, 0) is 14.3 Å². The minimum absolute atomic E-state index is 0. The van der Waals surface area contributed by atoms with Gasteiger partial charge in [0.2, 0.25) is 11.8 Å². The van der Waals surface area contributed by atoms with Crippen molar-refractivity contribution in [3.8, 4) is 0 Å². The maximum Gasteiger partial charge on any atom is 0.227 e. The van der Waals surface area contributed by atoms with Crippen molar-refractivity contribution in [3.05, 3.63) is 0 Å². The normalized spacial score (nSPS) is 26.8. The zero-order valence-corrected chi connectivity index (χ0v) is 15.8. The minimum atomic E-state index is -0.487. The highest BCUT2D eigenvalue weighted by atomic mass is 35.5. The van der Waals surface area contributed by atoms with Gasteiger partial charge in [-0.3, -0.25) is 9.59 Å². The van der Waals surface area contributed by atoms with Crippen LogP contribution in [-0.4, -0.2) is 55.6 Å². The molecule has 2 aliphatic heterocycles. The molecule has 0 aromatic carbocycles. The first-order valence-corrected chi connectivity index (χ1v) is 9.52. The largest absolute Gasteiger partial charge is 0.381 e. The number of nitrogens with zero attached hydrogens (tertiary/aromatic N) is 1. The molecule has 6 nitrogen and oxygen atoms in total. The molecule has 0 bridgehead atoms. The van der Waals surface area contributed by atoms with E-state index in [1.807, 2.05) is 4.90 Å². The first-order valence-electron chi connectivity index (χ1n) is 9.52. The molecule has 144 valence electrons. The van der Waals surface area contributed by atoms with Crippen LogP contribution in [0.4, 0.5) is 0 Å². The van der Waals surface area contributed by atoms with Crippen LogP contribution in [0.25, 0.3) is 0 Å². The van der Waals surface area contributed by atoms with E-state index in [4.69, 9.17) is 10.5 Å². The molecule has 0 spiro atoms. The van der Waals surface area contributed by atoms with E-state index in [1.165, 1.54) is 19.3 Å². The van der Waals surface area contributed by atoms with Gasteiger partial charge in [-0.05, 0) is 32.1 Å². The fourth-order valence-corrected chi connectivity index (χ4v) is 4.31. The highest BCUT2D eigenvalue weighted by molar-refractivity contribution is 5.85. The lowest BCUT2D eigenvalue weighted by Gasteiger charge is -2.35. The SMILES string of the molecule is Cl.NCC1(C(=O)NC2CCN(C(=O)C3CCCCC3)C2)CCOCC1. The Hall–Kier alpha value is -0.850. The number of halogens is 1. The molecule has 2 saturated heterocycles. The Labute approximate surface area is 156 Å². The lowest BCUT2D eigenvalue weighted by molar-refractivity contribution is -0.138. The van der Waals surface area contributed by atoms with Gasteiger partial charge in [0.25, 0.3) is 0 Å². The summed E-state index contributed by atoms with van der Waals surface area (Å²) in [5, 5.41) is 3.16. The second-order valence-electron chi connectivity index (χ2n) is 7.68. The third kappa shape index (κ3) is 4.66. The number of carbonyl (C=O) groups excluding carboxylic acids is 2. The number of amides is 2. The smallest absolute Gasteiger partial charge is 0.227 e. The molecule has 3 fully saturated rings. The van der Waals surface area contributed by atoms with E-state index in [-0.39, 0.29) is 30.3 Å². The molecular formula is C18H32ClN3O3. The van der Waals surface area contributed by atoms with Gasteiger partial charge in [0.15, 0.2) is 0 Å². The topological polar surface area (TPSA) is 84.7 Å². The van der Waals surface area contributed by atoms with Crippen LogP contribution in [0.15, 0.2) is 0 Å².